The lowest BCUT2D eigenvalue weighted by molar-refractivity contribution is -0.132. The predicted octanol–water partition coefficient (Wildman–Crippen LogP) is 3.45. The molecule has 28 heavy (non-hydrogen) atoms. The van der Waals surface area contributed by atoms with Crippen LogP contribution in [0.4, 0.5) is 0 Å². The number of hydrogen-bond donors (Lipinski definition) is 3. The fourth-order valence-electron chi connectivity index (χ4n) is 2.39. The number of hydrogen-bond acceptors (Lipinski definition) is 5. The third-order valence-corrected chi connectivity index (χ3v) is 5.08. The van der Waals surface area contributed by atoms with E-state index in [1.54, 1.807) is 12.1 Å². The van der Waals surface area contributed by atoms with Crippen molar-refractivity contribution >= 4 is 41.7 Å². The van der Waals surface area contributed by atoms with Crippen molar-refractivity contribution in [2.75, 3.05) is 20.3 Å². The monoisotopic (exact) mass is 439 g/mol. The Labute approximate surface area is 179 Å². The number of amides is 1. The van der Waals surface area contributed by atoms with Gasteiger partial charge in [0.2, 0.25) is 4.93 Å². The molecule has 0 bridgehead atoms. The lowest BCUT2D eigenvalue weighted by Gasteiger charge is -2.22. The first-order chi connectivity index (χ1) is 13.3. The molecule has 1 unspecified atom stereocenters. The minimum Gasteiger partial charge on any atom is -0.493 e. The number of carbonyl (C=O) groups excluding carboxylic acids is 1. The van der Waals surface area contributed by atoms with Crippen molar-refractivity contribution < 1.29 is 19.4 Å². The second kappa shape index (κ2) is 9.94. The molecular formula is C20H19Cl2NO4S. The maximum absolute atomic E-state index is 12.4. The number of methoxy groups -OCH3 is 1. The molecule has 0 saturated heterocycles. The van der Waals surface area contributed by atoms with Crippen LogP contribution in [0.25, 0.3) is 0 Å². The lowest BCUT2D eigenvalue weighted by atomic mass is 10.1. The zero-order valence-electron chi connectivity index (χ0n) is 15.0. The van der Waals surface area contributed by atoms with Crippen molar-refractivity contribution in [3.8, 4) is 23.8 Å². The Morgan fingerprint density at radius 3 is 2.64 bits per heavy atom. The molecule has 0 aliphatic carbocycles. The Hall–Kier alpha value is -2.04. The molecule has 8 heteroatoms. The molecule has 2 aromatic carbocycles. The van der Waals surface area contributed by atoms with Crippen molar-refractivity contribution in [2.24, 2.45) is 0 Å². The fourth-order valence-corrected chi connectivity index (χ4v) is 2.91. The SMILES string of the molecule is C#CCOc1ccc(CCNC(=O)C(O)(S)c2ccc(Cl)c(Cl)c2)cc1OC. The number of thiol groups is 1. The highest BCUT2D eigenvalue weighted by molar-refractivity contribution is 7.82. The third kappa shape index (κ3) is 5.49. The molecule has 5 nitrogen and oxygen atoms in total. The van der Waals surface area contributed by atoms with Gasteiger partial charge in [-0.2, -0.15) is 0 Å². The van der Waals surface area contributed by atoms with Gasteiger partial charge in [0.25, 0.3) is 5.91 Å². The number of ether oxygens (including phenoxy) is 2. The van der Waals surface area contributed by atoms with Crippen molar-refractivity contribution in [3.05, 3.63) is 57.6 Å². The van der Waals surface area contributed by atoms with Gasteiger partial charge in [0.1, 0.15) is 6.61 Å². The summed E-state index contributed by atoms with van der Waals surface area (Å²) in [6, 6.07) is 9.76. The lowest BCUT2D eigenvalue weighted by Crippen LogP contribution is -2.41. The summed E-state index contributed by atoms with van der Waals surface area (Å²) in [7, 11) is 1.53. The number of benzene rings is 2. The van der Waals surface area contributed by atoms with Gasteiger partial charge >= 0.3 is 0 Å². The minimum atomic E-state index is -2.04. The number of nitrogens with one attached hydrogen (secondary N) is 1. The van der Waals surface area contributed by atoms with Gasteiger partial charge in [0.05, 0.1) is 17.2 Å². The summed E-state index contributed by atoms with van der Waals surface area (Å²) in [5.41, 5.74) is 1.13. The summed E-state index contributed by atoms with van der Waals surface area (Å²) in [5, 5.41) is 13.7. The Kier molecular flexibility index (Phi) is 7.90. The van der Waals surface area contributed by atoms with E-state index in [4.69, 9.17) is 39.1 Å². The number of halogens is 2. The number of terminal acetylenes is 1. The van der Waals surface area contributed by atoms with Crippen LogP contribution in [0.1, 0.15) is 11.1 Å². The van der Waals surface area contributed by atoms with E-state index in [0.29, 0.717) is 22.9 Å². The first-order valence-corrected chi connectivity index (χ1v) is 9.41. The van der Waals surface area contributed by atoms with Gasteiger partial charge in [-0.25, -0.2) is 0 Å². The average Bonchev–Trinajstić information content (AvgIpc) is 2.68. The molecule has 0 spiro atoms. The van der Waals surface area contributed by atoms with Crippen LogP contribution in [0, 0.1) is 12.3 Å². The topological polar surface area (TPSA) is 67.8 Å². The normalized spacial score (nSPS) is 12.6. The summed E-state index contributed by atoms with van der Waals surface area (Å²) in [6.07, 6.45) is 5.69. The summed E-state index contributed by atoms with van der Waals surface area (Å²) in [4.78, 5) is 10.3. The second-order valence-electron chi connectivity index (χ2n) is 5.79. The summed E-state index contributed by atoms with van der Waals surface area (Å²) >= 11 is 15.9. The molecule has 2 N–H and O–H groups in total. The van der Waals surface area contributed by atoms with Crippen molar-refractivity contribution in [1.82, 2.24) is 5.32 Å². The highest BCUT2D eigenvalue weighted by Gasteiger charge is 2.34. The molecule has 148 valence electrons. The largest absolute Gasteiger partial charge is 0.493 e. The van der Waals surface area contributed by atoms with Crippen LogP contribution in [0.5, 0.6) is 11.5 Å². The molecule has 1 atom stereocenters. The van der Waals surface area contributed by atoms with Crippen LogP contribution in [0.2, 0.25) is 10.0 Å². The molecule has 2 rings (SSSR count). The second-order valence-corrected chi connectivity index (χ2v) is 7.25. The van der Waals surface area contributed by atoms with Crippen molar-refractivity contribution in [3.63, 3.8) is 0 Å². The standard InChI is InChI=1S/C20H19Cl2NO4S/c1-3-10-27-17-7-4-13(11-18(17)26-2)8-9-23-19(24)20(25,28)14-5-6-15(21)16(22)12-14/h1,4-7,11-12,25,28H,8-10H2,2H3,(H,23,24). The van der Waals surface area contributed by atoms with E-state index in [-0.39, 0.29) is 23.7 Å². The van der Waals surface area contributed by atoms with Crippen molar-refractivity contribution in [1.29, 1.82) is 0 Å². The van der Waals surface area contributed by atoms with E-state index in [1.807, 2.05) is 6.07 Å². The Morgan fingerprint density at radius 2 is 2.00 bits per heavy atom. The highest BCUT2D eigenvalue weighted by atomic mass is 35.5. The molecule has 0 aliphatic heterocycles. The van der Waals surface area contributed by atoms with Gasteiger partial charge in [-0.05, 0) is 36.2 Å². The van der Waals surface area contributed by atoms with Gasteiger partial charge < -0.3 is 19.9 Å². The maximum Gasteiger partial charge on any atom is 0.267 e. The zero-order valence-corrected chi connectivity index (χ0v) is 17.4. The van der Waals surface area contributed by atoms with E-state index in [1.165, 1.54) is 25.3 Å². The van der Waals surface area contributed by atoms with E-state index < -0.39 is 10.8 Å². The third-order valence-electron chi connectivity index (χ3n) is 3.88. The van der Waals surface area contributed by atoms with E-state index in [0.717, 1.165) is 5.56 Å². The maximum atomic E-state index is 12.4. The highest BCUT2D eigenvalue weighted by Crippen LogP contribution is 2.31. The molecular weight excluding hydrogens is 421 g/mol. The molecule has 0 aromatic heterocycles. The van der Waals surface area contributed by atoms with Crippen LogP contribution in [0.3, 0.4) is 0 Å². The number of aliphatic hydroxyl groups is 1. The first-order valence-electron chi connectivity index (χ1n) is 8.21. The molecule has 0 aliphatic rings. The quantitative estimate of drug-likeness (QED) is 0.334. The predicted molar refractivity (Wildman–Crippen MR) is 113 cm³/mol. The minimum absolute atomic E-state index is 0.140. The van der Waals surface area contributed by atoms with Crippen molar-refractivity contribution in [2.45, 2.75) is 11.4 Å². The van der Waals surface area contributed by atoms with Gasteiger partial charge in [0.15, 0.2) is 11.5 Å². The summed E-state index contributed by atoms with van der Waals surface area (Å²) in [6.45, 7) is 0.414. The zero-order chi connectivity index (χ0) is 20.7. The summed E-state index contributed by atoms with van der Waals surface area (Å²) < 4.78 is 10.7. The van der Waals surface area contributed by atoms with Crippen LogP contribution < -0.4 is 14.8 Å². The summed E-state index contributed by atoms with van der Waals surface area (Å²) in [5.74, 6) is 2.80. The molecule has 2 aromatic rings. The van der Waals surface area contributed by atoms with Gasteiger partial charge in [-0.15, -0.1) is 19.1 Å². The van der Waals surface area contributed by atoms with E-state index in [9.17, 15) is 9.90 Å². The van der Waals surface area contributed by atoms with Crippen LogP contribution >= 0.6 is 35.8 Å². The molecule has 1 amide bonds. The van der Waals surface area contributed by atoms with E-state index in [2.05, 4.69) is 23.9 Å². The Balaban J connectivity index is 1.99. The molecule has 0 saturated carbocycles. The van der Waals surface area contributed by atoms with Crippen LogP contribution in [-0.2, 0) is 16.1 Å². The Bertz CT molecular complexity index is 896. The Morgan fingerprint density at radius 1 is 1.25 bits per heavy atom. The fraction of sp³-hybridized carbons (Fsp3) is 0.250. The first kappa shape index (κ1) is 22.3. The van der Waals surface area contributed by atoms with Gasteiger partial charge in [0, 0.05) is 12.1 Å². The van der Waals surface area contributed by atoms with Gasteiger partial charge in [-0.3, -0.25) is 4.79 Å². The van der Waals surface area contributed by atoms with Gasteiger partial charge in [-0.1, -0.05) is 41.3 Å². The van der Waals surface area contributed by atoms with Crippen LogP contribution in [0.15, 0.2) is 36.4 Å². The smallest absolute Gasteiger partial charge is 0.267 e. The molecule has 0 radical (unpaired) electrons. The average molecular weight is 440 g/mol. The molecule has 0 heterocycles. The number of carbonyl (C=O) groups is 1. The number of rotatable bonds is 8. The molecule has 0 fully saturated rings. The van der Waals surface area contributed by atoms with Crippen LogP contribution in [-0.4, -0.2) is 31.3 Å². The van der Waals surface area contributed by atoms with E-state index >= 15 is 0 Å².